The van der Waals surface area contributed by atoms with Crippen molar-refractivity contribution < 1.29 is 28.8 Å². The Morgan fingerprint density at radius 1 is 0.750 bits per heavy atom. The lowest BCUT2D eigenvalue weighted by Crippen LogP contribution is -2.47. The van der Waals surface area contributed by atoms with Crippen LogP contribution in [0.25, 0.3) is 10.8 Å². The van der Waals surface area contributed by atoms with Crippen LogP contribution in [0.5, 0.6) is 0 Å². The zero-order chi connectivity index (χ0) is 35.2. The van der Waals surface area contributed by atoms with Gasteiger partial charge in [-0.2, -0.15) is 0 Å². The number of primary amides is 1. The third kappa shape index (κ3) is 11.7. The molecule has 4 atom stereocenters. The van der Waals surface area contributed by atoms with E-state index in [-0.39, 0.29) is 49.8 Å². The lowest BCUT2D eigenvalue weighted by atomic mass is 9.80. The summed E-state index contributed by atoms with van der Waals surface area (Å²) in [4.78, 5) is 77.6. The summed E-state index contributed by atoms with van der Waals surface area (Å²) in [5, 5.41) is 10.1. The summed E-state index contributed by atoms with van der Waals surface area (Å²) in [7, 11) is 0. The molecule has 0 spiro atoms. The van der Waals surface area contributed by atoms with Crippen molar-refractivity contribution in [3.05, 3.63) is 83.9 Å². The van der Waals surface area contributed by atoms with Gasteiger partial charge < -0.3 is 21.7 Å². The number of Topliss-reactive ketones (excluding diaryl/α,β-unsaturated/α-hetero) is 3. The van der Waals surface area contributed by atoms with Crippen molar-refractivity contribution in [2.75, 3.05) is 0 Å². The second-order valence-corrected chi connectivity index (χ2v) is 12.9. The zero-order valence-electron chi connectivity index (χ0n) is 28.3. The molecule has 5 N–H and O–H groups in total. The van der Waals surface area contributed by atoms with Crippen LogP contribution >= 0.6 is 0 Å². The van der Waals surface area contributed by atoms with Crippen LogP contribution in [0.4, 0.5) is 4.79 Å². The van der Waals surface area contributed by atoms with E-state index in [9.17, 15) is 28.8 Å². The van der Waals surface area contributed by atoms with Gasteiger partial charge in [0.25, 0.3) is 0 Å². The Labute approximate surface area is 282 Å². The molecule has 0 saturated heterocycles. The van der Waals surface area contributed by atoms with Gasteiger partial charge in [-0.25, -0.2) is 4.79 Å². The molecule has 0 saturated carbocycles. The fourth-order valence-electron chi connectivity index (χ4n) is 5.57. The number of ketones is 3. The molecule has 0 aliphatic heterocycles. The first-order valence-corrected chi connectivity index (χ1v) is 16.6. The molecule has 4 amide bonds. The third-order valence-electron chi connectivity index (χ3n) is 8.57. The first-order chi connectivity index (χ1) is 22.9. The topological polar surface area (TPSA) is 165 Å². The monoisotopic (exact) mass is 656 g/mol. The highest BCUT2D eigenvalue weighted by Gasteiger charge is 2.34. The smallest absolute Gasteiger partial charge is 0.315 e. The summed E-state index contributed by atoms with van der Waals surface area (Å²) in [6.45, 7) is 7.82. The molecule has 0 aromatic heterocycles. The van der Waals surface area contributed by atoms with E-state index in [0.29, 0.717) is 12.8 Å². The highest BCUT2D eigenvalue weighted by Crippen LogP contribution is 2.24. The number of carbonyl (C=O) groups excluding carboxylic acids is 6. The molecule has 0 fully saturated rings. The second kappa shape index (κ2) is 18.5. The summed E-state index contributed by atoms with van der Waals surface area (Å²) in [6.07, 6.45) is 0.194. The van der Waals surface area contributed by atoms with E-state index in [1.54, 1.807) is 6.92 Å². The van der Waals surface area contributed by atoms with E-state index in [0.717, 1.165) is 21.9 Å². The molecule has 0 radical (unpaired) electrons. The van der Waals surface area contributed by atoms with E-state index in [1.807, 2.05) is 93.6 Å². The van der Waals surface area contributed by atoms with Crippen molar-refractivity contribution in [2.45, 2.75) is 84.8 Å². The molecule has 48 heavy (non-hydrogen) atoms. The van der Waals surface area contributed by atoms with Gasteiger partial charge in [-0.05, 0) is 40.2 Å². The van der Waals surface area contributed by atoms with Gasteiger partial charge in [0.15, 0.2) is 11.6 Å². The average molecular weight is 657 g/mol. The van der Waals surface area contributed by atoms with Crippen LogP contribution in [-0.4, -0.2) is 47.3 Å². The zero-order valence-corrected chi connectivity index (χ0v) is 28.3. The van der Waals surface area contributed by atoms with Crippen LogP contribution in [0.15, 0.2) is 72.8 Å². The number of hydrogen-bond acceptors (Lipinski definition) is 6. The molecular weight excluding hydrogens is 608 g/mol. The van der Waals surface area contributed by atoms with E-state index in [1.165, 1.54) is 0 Å². The number of hydrogen-bond donors (Lipinski definition) is 4. The predicted octanol–water partition coefficient (Wildman–Crippen LogP) is 4.81. The number of fused-ring (bicyclic) bond motifs is 1. The highest BCUT2D eigenvalue weighted by molar-refractivity contribution is 6.38. The number of amides is 4. The van der Waals surface area contributed by atoms with Crippen molar-refractivity contribution in [1.29, 1.82) is 0 Å². The molecule has 10 nitrogen and oxygen atoms in total. The van der Waals surface area contributed by atoms with Crippen molar-refractivity contribution in [3.63, 3.8) is 0 Å². The minimum absolute atomic E-state index is 0.0803. The summed E-state index contributed by atoms with van der Waals surface area (Å²) < 4.78 is 0. The molecule has 10 heteroatoms. The van der Waals surface area contributed by atoms with Crippen molar-refractivity contribution >= 4 is 46.0 Å². The maximum Gasteiger partial charge on any atom is 0.315 e. The SMILES string of the molecule is CCC(C)C(CC(=O)C(CC(C)C)NC(=O)NCc1ccccc1)C(=O)C(=O)CCC(=O)NC(Cc1ccc2ccccc2c1)C(N)=O. The number of benzene rings is 3. The van der Waals surface area contributed by atoms with Gasteiger partial charge in [-0.3, -0.25) is 24.0 Å². The van der Waals surface area contributed by atoms with Crippen LogP contribution in [0.1, 0.15) is 70.9 Å². The Balaban J connectivity index is 1.59. The van der Waals surface area contributed by atoms with Crippen LogP contribution in [0.3, 0.4) is 0 Å². The molecule has 3 aromatic rings. The van der Waals surface area contributed by atoms with Crippen molar-refractivity contribution in [1.82, 2.24) is 16.0 Å². The molecule has 0 aliphatic rings. The number of carbonyl (C=O) groups is 6. The molecule has 0 heterocycles. The third-order valence-corrected chi connectivity index (χ3v) is 8.57. The molecular formula is C38H48N4O6. The van der Waals surface area contributed by atoms with E-state index in [2.05, 4.69) is 16.0 Å². The number of nitrogens with two attached hydrogens (primary N) is 1. The van der Waals surface area contributed by atoms with Gasteiger partial charge in [-0.1, -0.05) is 107 Å². The fourth-order valence-corrected chi connectivity index (χ4v) is 5.57. The number of urea groups is 1. The van der Waals surface area contributed by atoms with Crippen LogP contribution in [-0.2, 0) is 36.9 Å². The highest BCUT2D eigenvalue weighted by atomic mass is 16.2. The van der Waals surface area contributed by atoms with Gasteiger partial charge >= 0.3 is 6.03 Å². The molecule has 0 bridgehead atoms. The van der Waals surface area contributed by atoms with Gasteiger partial charge in [0.05, 0.1) is 6.04 Å². The van der Waals surface area contributed by atoms with Crippen LogP contribution < -0.4 is 21.7 Å². The maximum absolute atomic E-state index is 13.5. The average Bonchev–Trinajstić information content (AvgIpc) is 3.07. The second-order valence-electron chi connectivity index (χ2n) is 12.9. The Morgan fingerprint density at radius 2 is 1.42 bits per heavy atom. The normalized spacial score (nSPS) is 13.6. The first-order valence-electron chi connectivity index (χ1n) is 16.6. The maximum atomic E-state index is 13.5. The molecule has 3 rings (SSSR count). The van der Waals surface area contributed by atoms with Crippen molar-refractivity contribution in [3.8, 4) is 0 Å². The van der Waals surface area contributed by atoms with E-state index in [4.69, 9.17) is 5.73 Å². The van der Waals surface area contributed by atoms with Gasteiger partial charge in [0.1, 0.15) is 6.04 Å². The van der Waals surface area contributed by atoms with Gasteiger partial charge in [-0.15, -0.1) is 0 Å². The van der Waals surface area contributed by atoms with Crippen molar-refractivity contribution in [2.24, 2.45) is 23.5 Å². The van der Waals surface area contributed by atoms with E-state index < -0.39 is 47.4 Å². The van der Waals surface area contributed by atoms with Gasteiger partial charge in [0.2, 0.25) is 17.6 Å². The van der Waals surface area contributed by atoms with Crippen LogP contribution in [0, 0.1) is 17.8 Å². The Bertz CT molecular complexity index is 1590. The number of nitrogens with one attached hydrogen (secondary N) is 3. The minimum Gasteiger partial charge on any atom is -0.368 e. The molecule has 256 valence electrons. The lowest BCUT2D eigenvalue weighted by molar-refractivity contribution is -0.142. The summed E-state index contributed by atoms with van der Waals surface area (Å²) >= 11 is 0. The Kier molecular flexibility index (Phi) is 14.5. The number of rotatable bonds is 19. The summed E-state index contributed by atoms with van der Waals surface area (Å²) in [5.41, 5.74) is 7.29. The molecule has 4 unspecified atom stereocenters. The first kappa shape index (κ1) is 37.6. The molecule has 0 aliphatic carbocycles. The summed E-state index contributed by atoms with van der Waals surface area (Å²) in [6, 6.07) is 20.5. The Morgan fingerprint density at radius 3 is 2.06 bits per heavy atom. The predicted molar refractivity (Wildman–Crippen MR) is 186 cm³/mol. The largest absolute Gasteiger partial charge is 0.368 e. The molecule has 3 aromatic carbocycles. The quantitative estimate of drug-likeness (QED) is 0.135. The standard InChI is InChI=1S/C38H48N4O6/c1-5-25(4)30(22-34(44)31(19-24(2)3)42-38(48)40-23-26-11-7-6-8-12-26)36(46)33(43)17-18-35(45)41-32(37(39)47)21-27-15-16-28-13-9-10-14-29(28)20-27/h6-16,20,24-25,30-32H,5,17-19,21-23H2,1-4H3,(H2,39,47)(H,41,45)(H2,40,42,48). The fraction of sp³-hybridized carbons (Fsp3) is 0.421. The van der Waals surface area contributed by atoms with Gasteiger partial charge in [0, 0.05) is 38.1 Å². The van der Waals surface area contributed by atoms with Crippen LogP contribution in [0.2, 0.25) is 0 Å². The summed E-state index contributed by atoms with van der Waals surface area (Å²) in [5.74, 6) is -4.21. The minimum atomic E-state index is -0.995. The Hall–Kier alpha value is -4.86. The van der Waals surface area contributed by atoms with E-state index >= 15 is 0 Å². The lowest BCUT2D eigenvalue weighted by Gasteiger charge is -2.25.